The monoisotopic (exact) mass is 642 g/mol. The van der Waals surface area contributed by atoms with E-state index in [0.717, 1.165) is 23.8 Å². The molecule has 1 aromatic heterocycles. The predicted molar refractivity (Wildman–Crippen MR) is 169 cm³/mol. The number of carbonyl (C=O) groups is 3. The number of aliphatic hydroxyl groups excluding tert-OH is 1. The fraction of sp³-hybridized carbons (Fsp3) is 0.424. The molecule has 2 aromatic carbocycles. The van der Waals surface area contributed by atoms with Crippen LogP contribution in [0.5, 0.6) is 0 Å². The summed E-state index contributed by atoms with van der Waals surface area (Å²) in [7, 11) is -0.631. The lowest BCUT2D eigenvalue weighted by Gasteiger charge is -2.41. The number of benzene rings is 2. The van der Waals surface area contributed by atoms with Gasteiger partial charge in [0.15, 0.2) is 0 Å². The lowest BCUT2D eigenvalue weighted by molar-refractivity contribution is -0.143. The maximum absolute atomic E-state index is 14.9. The van der Waals surface area contributed by atoms with E-state index >= 15 is 0 Å². The molecular weight excluding hydrogens is 600 g/mol. The minimum Gasteiger partial charge on any atom is -0.480 e. The topological polar surface area (TPSA) is 121 Å². The summed E-state index contributed by atoms with van der Waals surface area (Å²) in [4.78, 5) is 39.1. The molecule has 243 valence electrons. The number of carbonyl (C=O) groups excluding carboxylic acids is 2. The van der Waals surface area contributed by atoms with Gasteiger partial charge in [0.25, 0.3) is 0 Å². The van der Waals surface area contributed by atoms with Crippen LogP contribution < -0.4 is 5.32 Å². The van der Waals surface area contributed by atoms with Gasteiger partial charge in [-0.2, -0.15) is 0 Å². The minimum absolute atomic E-state index is 0.0452. The first-order chi connectivity index (χ1) is 21.2. The Morgan fingerprint density at radius 2 is 1.76 bits per heavy atom. The summed E-state index contributed by atoms with van der Waals surface area (Å²) in [5.41, 5.74) is 1.24. The van der Waals surface area contributed by atoms with Gasteiger partial charge in [-0.3, -0.25) is 4.79 Å². The number of nitrogens with zero attached hydrogens (tertiary/aromatic N) is 2. The second kappa shape index (κ2) is 15.8. The van der Waals surface area contributed by atoms with Crippen molar-refractivity contribution < 1.29 is 38.1 Å². The second-order valence-electron chi connectivity index (χ2n) is 12.3. The van der Waals surface area contributed by atoms with Crippen molar-refractivity contribution in [2.75, 3.05) is 19.8 Å². The van der Waals surface area contributed by atoms with Crippen molar-refractivity contribution in [1.82, 2.24) is 14.8 Å². The van der Waals surface area contributed by atoms with E-state index < -0.39 is 62.5 Å². The van der Waals surface area contributed by atoms with Crippen molar-refractivity contribution in [3.63, 3.8) is 0 Å². The van der Waals surface area contributed by atoms with Crippen LogP contribution in [0.4, 0.5) is 13.6 Å². The molecule has 9 nitrogen and oxygen atoms in total. The third kappa shape index (κ3) is 9.98. The average molecular weight is 643 g/mol. The molecule has 0 unspecified atom stereocenters. The van der Waals surface area contributed by atoms with E-state index in [-0.39, 0.29) is 25.1 Å². The van der Waals surface area contributed by atoms with E-state index in [1.165, 1.54) is 4.90 Å². The highest BCUT2D eigenvalue weighted by atomic mass is 28.3. The van der Waals surface area contributed by atoms with E-state index in [0.29, 0.717) is 23.8 Å². The maximum Gasteiger partial charge on any atom is 0.407 e. The van der Waals surface area contributed by atoms with Gasteiger partial charge in [0.05, 0.1) is 12.6 Å². The number of aliphatic carboxylic acids is 1. The molecule has 0 saturated carbocycles. The molecule has 2 amide bonds. The molecule has 3 aromatic rings. The molecule has 2 atom stereocenters. The number of rotatable bonds is 14. The summed E-state index contributed by atoms with van der Waals surface area (Å²) in [6.45, 7) is 9.32. The first-order valence-electron chi connectivity index (χ1n) is 14.8. The molecule has 0 aliphatic carbocycles. The van der Waals surface area contributed by atoms with Gasteiger partial charge in [-0.15, -0.1) is 0 Å². The van der Waals surface area contributed by atoms with Crippen LogP contribution in [0, 0.1) is 17.0 Å². The van der Waals surface area contributed by atoms with Gasteiger partial charge in [0, 0.05) is 44.9 Å². The molecule has 3 rings (SSSR count). The Morgan fingerprint density at radius 1 is 1.07 bits per heavy atom. The van der Waals surface area contributed by atoms with Crippen molar-refractivity contribution >= 4 is 26.8 Å². The fourth-order valence-corrected chi connectivity index (χ4v) is 5.67. The van der Waals surface area contributed by atoms with Gasteiger partial charge in [-0.1, -0.05) is 64.2 Å². The zero-order valence-electron chi connectivity index (χ0n) is 26.3. The number of nitrogens with one attached hydrogen (secondary N) is 1. The van der Waals surface area contributed by atoms with E-state index in [9.17, 15) is 33.4 Å². The first kappa shape index (κ1) is 35.4. The van der Waals surface area contributed by atoms with Gasteiger partial charge in [-0.25, -0.2) is 18.4 Å². The van der Waals surface area contributed by atoms with Crippen molar-refractivity contribution in [2.45, 2.75) is 65.0 Å². The van der Waals surface area contributed by atoms with Crippen LogP contribution in [-0.4, -0.2) is 72.2 Å². The van der Waals surface area contributed by atoms with Crippen molar-refractivity contribution in [2.24, 2.45) is 5.41 Å². The normalized spacial score (nSPS) is 12.9. The SMILES string of the molecule is C[Si](C)CCOC(=O)N[C@@H](CCN(C(=O)CO)[C@@H](c1cc(-c2cc(F)ccc2F)cn1Cc1ccccc1)C(C)(C)C)C(=O)O. The van der Waals surface area contributed by atoms with E-state index in [1.54, 1.807) is 12.3 Å². The quantitative estimate of drug-likeness (QED) is 0.194. The van der Waals surface area contributed by atoms with E-state index in [2.05, 4.69) is 18.4 Å². The van der Waals surface area contributed by atoms with Gasteiger partial charge >= 0.3 is 12.1 Å². The van der Waals surface area contributed by atoms with Gasteiger partial charge in [0.2, 0.25) is 5.91 Å². The summed E-state index contributed by atoms with van der Waals surface area (Å²) in [6.07, 6.45) is 0.651. The lowest BCUT2D eigenvalue weighted by atomic mass is 9.82. The number of ether oxygens (including phenoxy) is 1. The summed E-state index contributed by atoms with van der Waals surface area (Å²) in [5.74, 6) is -3.19. The summed E-state index contributed by atoms with van der Waals surface area (Å²) >= 11 is 0. The van der Waals surface area contributed by atoms with Crippen LogP contribution in [0.1, 0.15) is 44.5 Å². The molecule has 0 saturated heterocycles. The Balaban J connectivity index is 2.04. The van der Waals surface area contributed by atoms with Crippen molar-refractivity contribution in [3.05, 3.63) is 83.7 Å². The number of halogens is 2. The second-order valence-corrected chi connectivity index (χ2v) is 15.2. The van der Waals surface area contributed by atoms with Gasteiger partial charge < -0.3 is 29.7 Å². The molecule has 1 heterocycles. The predicted octanol–water partition coefficient (Wildman–Crippen LogP) is 5.71. The van der Waals surface area contributed by atoms with Crippen LogP contribution in [0.25, 0.3) is 11.1 Å². The third-order valence-corrected chi connectivity index (χ3v) is 8.52. The van der Waals surface area contributed by atoms with E-state index in [4.69, 9.17) is 4.74 Å². The number of alkyl carbamates (subject to hydrolysis) is 1. The van der Waals surface area contributed by atoms with E-state index in [1.807, 2.05) is 55.7 Å². The van der Waals surface area contributed by atoms with Crippen LogP contribution in [0.15, 0.2) is 60.8 Å². The molecular formula is C33H42F2N3O6Si. The first-order valence-corrected chi connectivity index (χ1v) is 17.5. The number of hydrogen-bond donors (Lipinski definition) is 3. The number of amides is 2. The highest BCUT2D eigenvalue weighted by Gasteiger charge is 2.38. The van der Waals surface area contributed by atoms with Crippen LogP contribution in [0.3, 0.4) is 0 Å². The summed E-state index contributed by atoms with van der Waals surface area (Å²) in [6, 6.07) is 12.9. The zero-order valence-corrected chi connectivity index (χ0v) is 27.3. The Kier molecular flexibility index (Phi) is 12.4. The minimum atomic E-state index is -1.37. The molecule has 1 radical (unpaired) electrons. The molecule has 45 heavy (non-hydrogen) atoms. The Labute approximate surface area is 264 Å². The Morgan fingerprint density at radius 3 is 2.36 bits per heavy atom. The number of hydrogen-bond acceptors (Lipinski definition) is 5. The molecule has 0 spiro atoms. The maximum atomic E-state index is 14.9. The molecule has 12 heteroatoms. The highest BCUT2D eigenvalue weighted by Crippen LogP contribution is 2.41. The molecule has 0 fully saturated rings. The molecule has 0 aliphatic rings. The van der Waals surface area contributed by atoms with Crippen molar-refractivity contribution in [1.29, 1.82) is 0 Å². The number of aromatic nitrogens is 1. The van der Waals surface area contributed by atoms with Gasteiger partial charge in [0.1, 0.15) is 24.3 Å². The van der Waals surface area contributed by atoms with Gasteiger partial charge in [-0.05, 0) is 47.7 Å². The Hall–Kier alpha value is -4.03. The molecule has 0 aliphatic heterocycles. The third-order valence-electron chi connectivity index (χ3n) is 7.32. The van der Waals surface area contributed by atoms with Crippen molar-refractivity contribution in [3.8, 4) is 11.1 Å². The molecule has 3 N–H and O–H groups in total. The summed E-state index contributed by atoms with van der Waals surface area (Å²) < 4.78 is 36.1. The zero-order chi connectivity index (χ0) is 33.3. The number of carboxylic acid groups (broad SMARTS) is 1. The smallest absolute Gasteiger partial charge is 0.407 e. The summed E-state index contributed by atoms with van der Waals surface area (Å²) in [5, 5.41) is 22.2. The highest BCUT2D eigenvalue weighted by molar-refractivity contribution is 6.55. The lowest BCUT2D eigenvalue weighted by Crippen LogP contribution is -2.48. The Bertz CT molecular complexity index is 1460. The van der Waals surface area contributed by atoms with Crippen LogP contribution >= 0.6 is 0 Å². The molecule has 0 bridgehead atoms. The number of carboxylic acids is 1. The number of aliphatic hydroxyl groups is 1. The standard InChI is InChI=1S/C33H42F2N3O6Si/c1-33(2,3)30(38(29(40)21-39)14-13-27(31(41)42)36-32(43)44-15-16-45(4)5)28-17-23(25-18-24(34)11-12-26(25)35)20-37(28)19-22-9-7-6-8-10-22/h6-12,17-18,20,27,30,39H,13-16,19,21H2,1-5H3,(H,36,43)(H,41,42)/t27-,30-/m0/s1. The van der Waals surface area contributed by atoms with Crippen LogP contribution in [-0.2, 0) is 20.9 Å². The average Bonchev–Trinajstić information content (AvgIpc) is 3.37. The van der Waals surface area contributed by atoms with Crippen LogP contribution in [0.2, 0.25) is 19.1 Å². The fourth-order valence-electron chi connectivity index (χ4n) is 5.16. The largest absolute Gasteiger partial charge is 0.480 e.